The van der Waals surface area contributed by atoms with E-state index in [0.29, 0.717) is 38.9 Å². The first-order valence-electron chi connectivity index (χ1n) is 11.0. The first-order chi connectivity index (χ1) is 17.2. The molecule has 0 saturated heterocycles. The fourth-order valence-corrected chi connectivity index (χ4v) is 3.78. The number of carbonyl (C=O) groups is 1. The Morgan fingerprint density at radius 3 is 2.42 bits per heavy atom. The molecule has 0 aliphatic rings. The van der Waals surface area contributed by atoms with Gasteiger partial charge in [0.05, 0.1) is 24.2 Å². The van der Waals surface area contributed by atoms with Crippen LogP contribution in [0, 0.1) is 5.82 Å². The van der Waals surface area contributed by atoms with E-state index in [2.05, 4.69) is 53.3 Å². The van der Waals surface area contributed by atoms with Crippen LogP contribution in [0.4, 0.5) is 38.8 Å². The van der Waals surface area contributed by atoms with Crippen molar-refractivity contribution in [3.63, 3.8) is 0 Å². The van der Waals surface area contributed by atoms with Crippen LogP contribution in [0.3, 0.4) is 0 Å². The van der Waals surface area contributed by atoms with E-state index in [9.17, 15) is 9.18 Å². The standard InChI is InChI=1S/C25H29BrFN7O2/c1-6-25(35)32-19-12-20(22(36-5)13-21(19)34(4)8-7-33(2)3)31-24-14-23(28-15-29-24)30-18-10-16(26)9-17(27)11-18/h6,9-15H,1,7-8H2,2-5H3,(H,32,35)(H2,28,29,30,31). The lowest BCUT2D eigenvalue weighted by Gasteiger charge is -2.26. The zero-order chi connectivity index (χ0) is 26.2. The van der Waals surface area contributed by atoms with E-state index in [4.69, 9.17) is 4.74 Å². The Balaban J connectivity index is 1.92. The van der Waals surface area contributed by atoms with Crippen LogP contribution in [0.25, 0.3) is 0 Å². The zero-order valence-corrected chi connectivity index (χ0v) is 22.2. The Hall–Kier alpha value is -3.70. The minimum Gasteiger partial charge on any atom is -0.494 e. The SMILES string of the molecule is C=CC(=O)Nc1cc(Nc2cc(Nc3cc(F)cc(Br)c3)ncn2)c(OC)cc1N(C)CCN(C)C. The van der Waals surface area contributed by atoms with Crippen molar-refractivity contribution >= 4 is 56.2 Å². The van der Waals surface area contributed by atoms with Gasteiger partial charge in [0.25, 0.3) is 0 Å². The summed E-state index contributed by atoms with van der Waals surface area (Å²) in [6.45, 7) is 5.11. The maximum atomic E-state index is 13.7. The molecule has 3 N–H and O–H groups in total. The number of rotatable bonds is 11. The number of amides is 1. The molecule has 11 heteroatoms. The third kappa shape index (κ3) is 7.40. The zero-order valence-electron chi connectivity index (χ0n) is 20.6. The van der Waals surface area contributed by atoms with Gasteiger partial charge in [-0.3, -0.25) is 4.79 Å². The molecule has 0 unspecified atom stereocenters. The Bertz CT molecular complexity index is 1220. The smallest absolute Gasteiger partial charge is 0.247 e. The monoisotopic (exact) mass is 557 g/mol. The number of nitrogens with zero attached hydrogens (tertiary/aromatic N) is 4. The summed E-state index contributed by atoms with van der Waals surface area (Å²) < 4.78 is 20.0. The molecule has 9 nitrogen and oxygen atoms in total. The van der Waals surface area contributed by atoms with Crippen molar-refractivity contribution in [1.82, 2.24) is 14.9 Å². The molecule has 36 heavy (non-hydrogen) atoms. The summed E-state index contributed by atoms with van der Waals surface area (Å²) >= 11 is 3.28. The molecule has 0 atom stereocenters. The number of halogens is 2. The second kappa shape index (κ2) is 12.3. The average Bonchev–Trinajstić information content (AvgIpc) is 2.82. The van der Waals surface area contributed by atoms with Crippen molar-refractivity contribution < 1.29 is 13.9 Å². The minimum atomic E-state index is -0.381. The van der Waals surface area contributed by atoms with E-state index in [1.807, 2.05) is 32.1 Å². The van der Waals surface area contributed by atoms with E-state index >= 15 is 0 Å². The van der Waals surface area contributed by atoms with E-state index in [0.717, 1.165) is 18.8 Å². The van der Waals surface area contributed by atoms with Gasteiger partial charge >= 0.3 is 0 Å². The molecule has 0 spiro atoms. The minimum absolute atomic E-state index is 0.330. The van der Waals surface area contributed by atoms with Crippen molar-refractivity contribution in [3.05, 3.63) is 65.7 Å². The molecule has 0 aliphatic heterocycles. The summed E-state index contributed by atoms with van der Waals surface area (Å²) in [6, 6.07) is 9.78. The van der Waals surface area contributed by atoms with Gasteiger partial charge in [0.1, 0.15) is 29.5 Å². The summed E-state index contributed by atoms with van der Waals surface area (Å²) in [6.07, 6.45) is 2.60. The highest BCUT2D eigenvalue weighted by molar-refractivity contribution is 9.10. The van der Waals surface area contributed by atoms with Gasteiger partial charge in [0.15, 0.2) is 0 Å². The van der Waals surface area contributed by atoms with Crippen LogP contribution in [0.5, 0.6) is 5.75 Å². The van der Waals surface area contributed by atoms with Crippen LogP contribution in [0.15, 0.2) is 59.9 Å². The summed E-state index contributed by atoms with van der Waals surface area (Å²) in [5, 5.41) is 9.15. The first kappa shape index (κ1) is 26.9. The van der Waals surface area contributed by atoms with E-state index < -0.39 is 0 Å². The number of anilines is 6. The number of aromatic nitrogens is 2. The molecule has 0 bridgehead atoms. The molecule has 3 aromatic rings. The fraction of sp³-hybridized carbons (Fsp3) is 0.240. The summed E-state index contributed by atoms with van der Waals surface area (Å²) in [7, 11) is 7.52. The number of hydrogen-bond donors (Lipinski definition) is 3. The van der Waals surface area contributed by atoms with Gasteiger partial charge < -0.3 is 30.5 Å². The van der Waals surface area contributed by atoms with Gasteiger partial charge in [0, 0.05) is 42.4 Å². The lowest BCUT2D eigenvalue weighted by Crippen LogP contribution is -2.29. The van der Waals surface area contributed by atoms with Crippen LogP contribution in [0.1, 0.15) is 0 Å². The highest BCUT2D eigenvalue weighted by Gasteiger charge is 2.16. The molecule has 0 radical (unpaired) electrons. The third-order valence-electron chi connectivity index (χ3n) is 5.12. The molecule has 2 aromatic carbocycles. The molecular formula is C25H29BrFN7O2. The molecule has 1 amide bonds. The van der Waals surface area contributed by atoms with Gasteiger partial charge in [-0.05, 0) is 44.4 Å². The largest absolute Gasteiger partial charge is 0.494 e. The summed E-state index contributed by atoms with van der Waals surface area (Å²) in [4.78, 5) is 24.7. The van der Waals surface area contributed by atoms with Gasteiger partial charge in [-0.1, -0.05) is 22.5 Å². The number of likely N-dealkylation sites (N-methyl/N-ethyl adjacent to an activating group) is 2. The topological polar surface area (TPSA) is 94.7 Å². The number of methoxy groups -OCH3 is 1. The Kier molecular flexibility index (Phi) is 9.20. The van der Waals surface area contributed by atoms with Gasteiger partial charge in [0.2, 0.25) is 5.91 Å². The van der Waals surface area contributed by atoms with Gasteiger partial charge in [-0.15, -0.1) is 0 Å². The van der Waals surface area contributed by atoms with Crippen molar-refractivity contribution in [2.75, 3.05) is 62.2 Å². The fourth-order valence-electron chi connectivity index (χ4n) is 3.31. The molecule has 0 fully saturated rings. The Labute approximate surface area is 218 Å². The van der Waals surface area contributed by atoms with E-state index in [1.165, 1.54) is 24.5 Å². The van der Waals surface area contributed by atoms with Crippen molar-refractivity contribution in [1.29, 1.82) is 0 Å². The lowest BCUT2D eigenvalue weighted by atomic mass is 10.2. The third-order valence-corrected chi connectivity index (χ3v) is 5.58. The summed E-state index contributed by atoms with van der Waals surface area (Å²) in [5.41, 5.74) is 2.49. The van der Waals surface area contributed by atoms with Crippen LogP contribution in [-0.2, 0) is 4.79 Å². The normalized spacial score (nSPS) is 10.6. The van der Waals surface area contributed by atoms with Gasteiger partial charge in [-0.25, -0.2) is 14.4 Å². The number of carbonyl (C=O) groups excluding carboxylic acids is 1. The van der Waals surface area contributed by atoms with Crippen LogP contribution >= 0.6 is 15.9 Å². The maximum absolute atomic E-state index is 13.7. The Morgan fingerprint density at radius 1 is 1.06 bits per heavy atom. The van der Waals surface area contributed by atoms with Gasteiger partial charge in [-0.2, -0.15) is 0 Å². The first-order valence-corrected chi connectivity index (χ1v) is 11.8. The van der Waals surface area contributed by atoms with Crippen LogP contribution in [0.2, 0.25) is 0 Å². The highest BCUT2D eigenvalue weighted by atomic mass is 79.9. The lowest BCUT2D eigenvalue weighted by molar-refractivity contribution is -0.111. The second-order valence-corrected chi connectivity index (χ2v) is 9.10. The summed E-state index contributed by atoms with van der Waals surface area (Å²) in [5.74, 6) is 0.776. The second-order valence-electron chi connectivity index (χ2n) is 8.18. The Morgan fingerprint density at radius 2 is 1.78 bits per heavy atom. The molecule has 0 aliphatic carbocycles. The number of ether oxygens (including phenoxy) is 1. The highest BCUT2D eigenvalue weighted by Crippen LogP contribution is 2.38. The predicted molar refractivity (Wildman–Crippen MR) is 146 cm³/mol. The number of hydrogen-bond acceptors (Lipinski definition) is 8. The van der Waals surface area contributed by atoms with Crippen molar-refractivity contribution in [2.45, 2.75) is 0 Å². The van der Waals surface area contributed by atoms with E-state index in [-0.39, 0.29) is 11.7 Å². The number of benzene rings is 2. The number of nitrogens with one attached hydrogen (secondary N) is 3. The van der Waals surface area contributed by atoms with E-state index in [1.54, 1.807) is 25.3 Å². The van der Waals surface area contributed by atoms with Crippen molar-refractivity contribution in [2.24, 2.45) is 0 Å². The van der Waals surface area contributed by atoms with Crippen LogP contribution in [-0.4, -0.2) is 62.1 Å². The van der Waals surface area contributed by atoms with Crippen molar-refractivity contribution in [3.8, 4) is 5.75 Å². The molecule has 1 aromatic heterocycles. The maximum Gasteiger partial charge on any atom is 0.247 e. The molecule has 1 heterocycles. The molecule has 190 valence electrons. The van der Waals surface area contributed by atoms with Crippen LogP contribution < -0.4 is 25.6 Å². The molecule has 0 saturated carbocycles. The quantitative estimate of drug-likeness (QED) is 0.284. The predicted octanol–water partition coefficient (Wildman–Crippen LogP) is 5.00. The average molecular weight is 558 g/mol. The molecule has 3 rings (SSSR count). The molecular weight excluding hydrogens is 529 g/mol.